The van der Waals surface area contributed by atoms with Crippen LogP contribution in [0.3, 0.4) is 0 Å². The van der Waals surface area contributed by atoms with Crippen LogP contribution in [-0.2, 0) is 35.0 Å². The number of rotatable bonds is 17. The second-order valence-electron chi connectivity index (χ2n) is 10.8. The molecule has 0 fully saturated rings. The predicted molar refractivity (Wildman–Crippen MR) is 148 cm³/mol. The second-order valence-corrected chi connectivity index (χ2v) is 10.8. The smallest absolute Gasteiger partial charge is 0.338 e. The molecule has 0 saturated carbocycles. The van der Waals surface area contributed by atoms with Crippen molar-refractivity contribution < 1.29 is 33.4 Å². The van der Waals surface area contributed by atoms with Gasteiger partial charge in [-0.15, -0.1) is 6.58 Å². The van der Waals surface area contributed by atoms with Gasteiger partial charge in [-0.1, -0.05) is 18.2 Å². The van der Waals surface area contributed by atoms with Crippen molar-refractivity contribution in [3.63, 3.8) is 0 Å². The molecule has 1 rings (SSSR count). The van der Waals surface area contributed by atoms with Crippen molar-refractivity contribution >= 4 is 23.7 Å². The van der Waals surface area contributed by atoms with E-state index < -0.39 is 17.0 Å². The molecule has 0 heterocycles. The van der Waals surface area contributed by atoms with Gasteiger partial charge in [0.2, 0.25) is 0 Å². The third-order valence-corrected chi connectivity index (χ3v) is 6.39. The van der Waals surface area contributed by atoms with Crippen LogP contribution in [0.15, 0.2) is 36.9 Å². The Kier molecular flexibility index (Phi) is 14.0. The van der Waals surface area contributed by atoms with Crippen molar-refractivity contribution in [3.05, 3.63) is 48.0 Å². The van der Waals surface area contributed by atoms with Crippen LogP contribution in [0.5, 0.6) is 0 Å². The van der Waals surface area contributed by atoms with Crippen molar-refractivity contribution in [2.75, 3.05) is 6.61 Å². The molecule has 38 heavy (non-hydrogen) atoms. The van der Waals surface area contributed by atoms with Gasteiger partial charge in [-0.05, 0) is 110 Å². The fraction of sp³-hybridized carbons (Fsp3) is 0.613. The molecular formula is C31H46O7. The third-order valence-electron chi connectivity index (χ3n) is 6.39. The van der Waals surface area contributed by atoms with Gasteiger partial charge >= 0.3 is 17.9 Å². The molecule has 7 heteroatoms. The number of allylic oxidation sites excluding steroid dienone is 1. The number of Topliss-reactive ketones (excluding diaryl/α,β-unsaturated/α-hetero) is 1. The van der Waals surface area contributed by atoms with Crippen LogP contribution in [-0.4, -0.2) is 42.0 Å². The number of ketones is 1. The lowest BCUT2D eigenvalue weighted by molar-refractivity contribution is -0.171. The number of hydrogen-bond donors (Lipinski definition) is 0. The molecule has 0 N–H and O–H groups in total. The van der Waals surface area contributed by atoms with Crippen molar-refractivity contribution in [2.45, 2.75) is 111 Å². The summed E-state index contributed by atoms with van der Waals surface area (Å²) in [6.45, 7) is 14.0. The molecule has 212 valence electrons. The Labute approximate surface area is 228 Å². The molecule has 7 nitrogen and oxygen atoms in total. The molecular weight excluding hydrogens is 484 g/mol. The van der Waals surface area contributed by atoms with E-state index in [0.29, 0.717) is 57.1 Å². The average Bonchev–Trinajstić information content (AvgIpc) is 2.82. The molecule has 0 aromatic heterocycles. The first-order valence-electron chi connectivity index (χ1n) is 13.6. The normalized spacial score (nSPS) is 13.6. The minimum absolute atomic E-state index is 0.222. The summed E-state index contributed by atoms with van der Waals surface area (Å²) in [6.07, 6.45) is 6.92. The van der Waals surface area contributed by atoms with Gasteiger partial charge in [0.25, 0.3) is 0 Å². The molecule has 0 aliphatic rings. The Bertz CT molecular complexity index is 927. The second kappa shape index (κ2) is 16.1. The van der Waals surface area contributed by atoms with Crippen molar-refractivity contribution in [2.24, 2.45) is 5.41 Å². The molecule has 1 aromatic rings. The Morgan fingerprint density at radius 2 is 1.55 bits per heavy atom. The number of hydrogen-bond acceptors (Lipinski definition) is 7. The largest absolute Gasteiger partial charge is 0.463 e. The highest BCUT2D eigenvalue weighted by Gasteiger charge is 2.45. The molecule has 0 saturated heterocycles. The monoisotopic (exact) mass is 530 g/mol. The molecule has 1 aromatic carbocycles. The quantitative estimate of drug-likeness (QED) is 0.0739. The molecule has 2 atom stereocenters. The maximum Gasteiger partial charge on any atom is 0.338 e. The Balaban J connectivity index is 2.99. The fourth-order valence-electron chi connectivity index (χ4n) is 4.44. The lowest BCUT2D eigenvalue weighted by Crippen LogP contribution is -2.43. The molecule has 0 aliphatic carbocycles. The van der Waals surface area contributed by atoms with Gasteiger partial charge in [0.15, 0.2) is 0 Å². The molecule has 0 bridgehead atoms. The van der Waals surface area contributed by atoms with Gasteiger partial charge in [0.1, 0.15) is 22.9 Å². The Morgan fingerprint density at radius 3 is 2.08 bits per heavy atom. The van der Waals surface area contributed by atoms with E-state index in [1.807, 2.05) is 18.2 Å². The van der Waals surface area contributed by atoms with E-state index in [1.165, 1.54) is 13.8 Å². The number of carbonyl (C=O) groups excluding carboxylic acids is 4. The molecule has 0 radical (unpaired) electrons. The summed E-state index contributed by atoms with van der Waals surface area (Å²) < 4.78 is 16.2. The third kappa shape index (κ3) is 11.6. The van der Waals surface area contributed by atoms with E-state index >= 15 is 0 Å². The van der Waals surface area contributed by atoms with E-state index in [-0.39, 0.29) is 23.8 Å². The predicted octanol–water partition coefficient (Wildman–Crippen LogP) is 6.56. The minimum Gasteiger partial charge on any atom is -0.463 e. The van der Waals surface area contributed by atoms with E-state index in [2.05, 4.69) is 6.58 Å². The summed E-state index contributed by atoms with van der Waals surface area (Å²) in [5.74, 6) is -1.44. The van der Waals surface area contributed by atoms with Gasteiger partial charge in [0, 0.05) is 6.92 Å². The average molecular weight is 531 g/mol. The first-order chi connectivity index (χ1) is 17.8. The van der Waals surface area contributed by atoms with Crippen LogP contribution in [0.2, 0.25) is 0 Å². The fourth-order valence-corrected chi connectivity index (χ4v) is 4.44. The van der Waals surface area contributed by atoms with Crippen molar-refractivity contribution in [1.82, 2.24) is 0 Å². The number of unbranched alkanes of at least 4 members (excludes halogenated alkanes) is 1. The lowest BCUT2D eigenvalue weighted by atomic mass is 9.74. The summed E-state index contributed by atoms with van der Waals surface area (Å²) in [4.78, 5) is 49.9. The molecule has 0 amide bonds. The highest BCUT2D eigenvalue weighted by atomic mass is 16.6. The van der Waals surface area contributed by atoms with E-state index in [1.54, 1.807) is 39.8 Å². The van der Waals surface area contributed by atoms with Crippen LogP contribution in [0.25, 0.3) is 0 Å². The SMILES string of the molecule is C=CCCCC(CCCC(CCCc1ccc(C(=O)OCC)cc1)(C(C)=O)C(=O)OC(C)(C)C)OC(C)=O. The van der Waals surface area contributed by atoms with Crippen molar-refractivity contribution in [3.8, 4) is 0 Å². The minimum atomic E-state index is -1.28. The first kappa shape index (κ1) is 33.1. The zero-order valence-corrected chi connectivity index (χ0v) is 24.1. The van der Waals surface area contributed by atoms with Gasteiger partial charge in [-0.25, -0.2) is 4.79 Å². The van der Waals surface area contributed by atoms with Crippen LogP contribution < -0.4 is 0 Å². The number of aryl methyl sites for hydroxylation is 1. The van der Waals surface area contributed by atoms with Crippen LogP contribution >= 0.6 is 0 Å². The Hall–Kier alpha value is -2.96. The standard InChI is InChI=1S/C31H46O7/c1-8-10-11-15-27(37-24(4)33)16-13-22-31(23(3)32,29(35)38-30(5,6)7)21-12-14-25-17-19-26(20-18-25)28(34)36-9-2/h8,17-20,27H,1,9-16,21-22H2,2-7H3. The van der Waals surface area contributed by atoms with Crippen LogP contribution in [0.1, 0.15) is 109 Å². The van der Waals surface area contributed by atoms with E-state index in [4.69, 9.17) is 14.2 Å². The van der Waals surface area contributed by atoms with Gasteiger partial charge in [-0.2, -0.15) is 0 Å². The summed E-state index contributed by atoms with van der Waals surface area (Å²) in [7, 11) is 0. The summed E-state index contributed by atoms with van der Waals surface area (Å²) in [5.41, 5.74) is -0.527. The highest BCUT2D eigenvalue weighted by Crippen LogP contribution is 2.36. The lowest BCUT2D eigenvalue weighted by Gasteiger charge is -2.33. The highest BCUT2D eigenvalue weighted by molar-refractivity contribution is 6.02. The number of benzene rings is 1. The number of carbonyl (C=O) groups is 4. The number of esters is 3. The van der Waals surface area contributed by atoms with Gasteiger partial charge in [-0.3, -0.25) is 14.4 Å². The first-order valence-corrected chi connectivity index (χ1v) is 13.6. The van der Waals surface area contributed by atoms with Gasteiger partial charge < -0.3 is 14.2 Å². The number of ether oxygens (including phenoxy) is 3. The summed E-state index contributed by atoms with van der Waals surface area (Å²) >= 11 is 0. The maximum atomic E-state index is 13.4. The zero-order valence-electron chi connectivity index (χ0n) is 24.1. The van der Waals surface area contributed by atoms with Gasteiger partial charge in [0.05, 0.1) is 12.2 Å². The summed E-state index contributed by atoms with van der Waals surface area (Å²) in [6, 6.07) is 7.17. The molecule has 0 aliphatic heterocycles. The topological polar surface area (TPSA) is 96.0 Å². The summed E-state index contributed by atoms with van der Waals surface area (Å²) in [5, 5.41) is 0. The van der Waals surface area contributed by atoms with E-state index in [9.17, 15) is 19.2 Å². The Morgan fingerprint density at radius 1 is 0.947 bits per heavy atom. The molecule has 2 unspecified atom stereocenters. The zero-order chi connectivity index (χ0) is 28.8. The van der Waals surface area contributed by atoms with Crippen LogP contribution in [0.4, 0.5) is 0 Å². The van der Waals surface area contributed by atoms with Crippen LogP contribution in [0, 0.1) is 5.41 Å². The molecule has 0 spiro atoms. The van der Waals surface area contributed by atoms with Crippen molar-refractivity contribution in [1.29, 1.82) is 0 Å². The maximum absolute atomic E-state index is 13.4. The van der Waals surface area contributed by atoms with E-state index in [0.717, 1.165) is 18.4 Å².